The summed E-state index contributed by atoms with van der Waals surface area (Å²) in [6.45, 7) is 10.4. The zero-order valence-electron chi connectivity index (χ0n) is 20.4. The molecule has 2 saturated heterocycles. The fourth-order valence-electron chi connectivity index (χ4n) is 4.71. The number of benzene rings is 1. The number of aliphatic imine (C=N–C) groups is 1. The van der Waals surface area contributed by atoms with Crippen molar-refractivity contribution >= 4 is 35.6 Å². The van der Waals surface area contributed by atoms with E-state index in [9.17, 15) is 0 Å². The minimum absolute atomic E-state index is 0. The second-order valence-corrected chi connectivity index (χ2v) is 9.66. The van der Waals surface area contributed by atoms with Crippen LogP contribution in [0, 0.1) is 11.3 Å². The van der Waals surface area contributed by atoms with E-state index in [-0.39, 0.29) is 35.5 Å². The Balaban J connectivity index is 0.00000363. The number of guanidine groups is 1. The van der Waals surface area contributed by atoms with E-state index in [0.29, 0.717) is 12.0 Å². The zero-order valence-corrected chi connectivity index (χ0v) is 22.8. The van der Waals surface area contributed by atoms with E-state index in [1.165, 1.54) is 6.42 Å². The van der Waals surface area contributed by atoms with E-state index in [1.807, 2.05) is 13.1 Å². The molecule has 182 valence electrons. The van der Waals surface area contributed by atoms with Crippen molar-refractivity contribution in [1.82, 2.24) is 10.6 Å². The van der Waals surface area contributed by atoms with Crippen LogP contribution in [0.25, 0.3) is 0 Å². The number of nitrogens with one attached hydrogen (secondary N) is 2. The van der Waals surface area contributed by atoms with Crippen molar-refractivity contribution in [2.24, 2.45) is 16.3 Å². The van der Waals surface area contributed by atoms with Crippen LogP contribution in [0.2, 0.25) is 0 Å². The summed E-state index contributed by atoms with van der Waals surface area (Å²) in [5.41, 5.74) is 1.27. The Bertz CT molecular complexity index is 731. The summed E-state index contributed by atoms with van der Waals surface area (Å²) in [7, 11) is 5.21. The van der Waals surface area contributed by atoms with Gasteiger partial charge >= 0.3 is 0 Å². The molecule has 1 aromatic carbocycles. The fraction of sp³-hybridized carbons (Fsp3) is 0.708. The molecular formula is C24H41IN4O3. The van der Waals surface area contributed by atoms with Crippen LogP contribution >= 0.6 is 24.0 Å². The number of methoxy groups -OCH3 is 2. The van der Waals surface area contributed by atoms with Crippen LogP contribution in [-0.2, 0) is 4.74 Å². The van der Waals surface area contributed by atoms with Crippen LogP contribution < -0.4 is 25.0 Å². The number of rotatable bonds is 6. The molecule has 1 aromatic rings. The highest BCUT2D eigenvalue weighted by molar-refractivity contribution is 14.0. The Morgan fingerprint density at radius 1 is 1.16 bits per heavy atom. The summed E-state index contributed by atoms with van der Waals surface area (Å²) in [4.78, 5) is 6.83. The topological polar surface area (TPSA) is 67.4 Å². The van der Waals surface area contributed by atoms with E-state index in [1.54, 1.807) is 14.2 Å². The molecule has 0 bridgehead atoms. The Morgan fingerprint density at radius 3 is 2.44 bits per heavy atom. The van der Waals surface area contributed by atoms with Crippen molar-refractivity contribution in [3.05, 3.63) is 18.2 Å². The summed E-state index contributed by atoms with van der Waals surface area (Å²) in [6.07, 6.45) is 3.65. The first kappa shape index (κ1) is 26.8. The van der Waals surface area contributed by atoms with Gasteiger partial charge in [-0.15, -0.1) is 24.0 Å². The van der Waals surface area contributed by atoms with Gasteiger partial charge in [-0.3, -0.25) is 4.99 Å². The van der Waals surface area contributed by atoms with Crippen LogP contribution in [0.1, 0.15) is 40.0 Å². The van der Waals surface area contributed by atoms with Crippen molar-refractivity contribution in [2.45, 2.75) is 52.2 Å². The van der Waals surface area contributed by atoms with E-state index in [4.69, 9.17) is 14.2 Å². The molecular weight excluding hydrogens is 519 g/mol. The highest BCUT2D eigenvalue weighted by atomic mass is 127. The van der Waals surface area contributed by atoms with E-state index in [2.05, 4.69) is 53.4 Å². The third-order valence-electron chi connectivity index (χ3n) is 6.28. The normalized spacial score (nSPS) is 24.0. The lowest BCUT2D eigenvalue weighted by Crippen LogP contribution is -2.49. The van der Waals surface area contributed by atoms with Crippen molar-refractivity contribution < 1.29 is 14.2 Å². The minimum Gasteiger partial charge on any atom is -0.497 e. The van der Waals surface area contributed by atoms with Crippen LogP contribution in [-0.4, -0.2) is 65.6 Å². The van der Waals surface area contributed by atoms with Gasteiger partial charge in [-0.1, -0.05) is 20.8 Å². The van der Waals surface area contributed by atoms with Crippen LogP contribution in [0.15, 0.2) is 23.2 Å². The molecule has 0 aromatic heterocycles. The molecule has 7 nitrogen and oxygen atoms in total. The monoisotopic (exact) mass is 560 g/mol. The largest absolute Gasteiger partial charge is 0.497 e. The Labute approximate surface area is 210 Å². The van der Waals surface area contributed by atoms with Crippen LogP contribution in [0.5, 0.6) is 11.5 Å². The molecule has 0 spiro atoms. The number of hydrogen-bond donors (Lipinski definition) is 2. The number of anilines is 1. The van der Waals surface area contributed by atoms with Gasteiger partial charge in [0.05, 0.1) is 20.3 Å². The van der Waals surface area contributed by atoms with Gasteiger partial charge in [-0.05, 0) is 24.7 Å². The summed E-state index contributed by atoms with van der Waals surface area (Å²) in [5, 5.41) is 7.17. The van der Waals surface area contributed by atoms with Gasteiger partial charge < -0.3 is 29.7 Å². The lowest BCUT2D eigenvalue weighted by molar-refractivity contribution is -0.0835. The molecule has 3 unspecified atom stereocenters. The second kappa shape index (κ2) is 12.2. The third-order valence-corrected chi connectivity index (χ3v) is 6.28. The second-order valence-electron chi connectivity index (χ2n) is 9.66. The van der Waals surface area contributed by atoms with Gasteiger partial charge in [0.15, 0.2) is 5.96 Å². The van der Waals surface area contributed by atoms with Crippen molar-refractivity contribution in [3.8, 4) is 11.5 Å². The van der Waals surface area contributed by atoms with Crippen molar-refractivity contribution in [3.63, 3.8) is 0 Å². The molecule has 0 amide bonds. The van der Waals surface area contributed by atoms with Crippen molar-refractivity contribution in [1.29, 1.82) is 0 Å². The van der Waals surface area contributed by atoms with Gasteiger partial charge in [0.2, 0.25) is 0 Å². The molecule has 0 radical (unpaired) electrons. The summed E-state index contributed by atoms with van der Waals surface area (Å²) >= 11 is 0. The summed E-state index contributed by atoms with van der Waals surface area (Å²) in [5.74, 6) is 2.99. The zero-order chi connectivity index (χ0) is 22.4. The lowest BCUT2D eigenvalue weighted by Gasteiger charge is -2.40. The first-order chi connectivity index (χ1) is 14.8. The van der Waals surface area contributed by atoms with Crippen LogP contribution in [0.3, 0.4) is 0 Å². The maximum absolute atomic E-state index is 6.13. The van der Waals surface area contributed by atoms with E-state index in [0.717, 1.165) is 62.2 Å². The summed E-state index contributed by atoms with van der Waals surface area (Å²) < 4.78 is 17.0. The molecule has 2 aliphatic heterocycles. The molecule has 2 aliphatic rings. The highest BCUT2D eigenvalue weighted by Gasteiger charge is 2.35. The molecule has 2 fully saturated rings. The quantitative estimate of drug-likeness (QED) is 0.313. The molecule has 2 N–H and O–H groups in total. The SMILES string of the molecule is CN=C(NCC1CCCOC1C(C)(C)C)NC1CCN(c2cc(OC)cc(OC)c2)C1.I. The minimum atomic E-state index is 0. The predicted molar refractivity (Wildman–Crippen MR) is 142 cm³/mol. The average molecular weight is 561 g/mol. The Morgan fingerprint density at radius 2 is 1.84 bits per heavy atom. The molecule has 3 atom stereocenters. The number of ether oxygens (including phenoxy) is 3. The standard InChI is InChI=1S/C24H40N4O3.HI/c1-24(2,3)22-17(8-7-11-31-22)15-26-23(25-4)27-18-9-10-28(16-18)19-12-20(29-5)14-21(13-19)30-6;/h12-14,17-18,22H,7-11,15-16H2,1-6H3,(H2,25,26,27);1H. The maximum atomic E-state index is 6.13. The molecule has 8 heteroatoms. The van der Waals surface area contributed by atoms with Gasteiger partial charge in [-0.2, -0.15) is 0 Å². The first-order valence-corrected chi connectivity index (χ1v) is 11.4. The van der Waals surface area contributed by atoms with Crippen LogP contribution in [0.4, 0.5) is 5.69 Å². The lowest BCUT2D eigenvalue weighted by atomic mass is 9.78. The van der Waals surface area contributed by atoms with E-state index >= 15 is 0 Å². The molecule has 2 heterocycles. The third kappa shape index (κ3) is 7.04. The Kier molecular flexibility index (Phi) is 10.2. The van der Waals surface area contributed by atoms with Gasteiger partial charge in [0.25, 0.3) is 0 Å². The number of hydrogen-bond acceptors (Lipinski definition) is 5. The van der Waals surface area contributed by atoms with Gasteiger partial charge in [-0.25, -0.2) is 0 Å². The maximum Gasteiger partial charge on any atom is 0.191 e. The average Bonchev–Trinajstić information content (AvgIpc) is 3.24. The molecule has 0 aliphatic carbocycles. The van der Waals surface area contributed by atoms with Crippen molar-refractivity contribution in [2.75, 3.05) is 52.4 Å². The molecule has 32 heavy (non-hydrogen) atoms. The van der Waals surface area contributed by atoms with Gasteiger partial charge in [0, 0.05) is 69.1 Å². The number of halogens is 1. The number of nitrogens with zero attached hydrogens (tertiary/aromatic N) is 2. The highest BCUT2D eigenvalue weighted by Crippen LogP contribution is 2.34. The smallest absolute Gasteiger partial charge is 0.191 e. The van der Waals surface area contributed by atoms with Gasteiger partial charge in [0.1, 0.15) is 11.5 Å². The molecule has 0 saturated carbocycles. The first-order valence-electron chi connectivity index (χ1n) is 11.4. The fourth-order valence-corrected chi connectivity index (χ4v) is 4.71. The van der Waals surface area contributed by atoms with E-state index < -0.39 is 0 Å². The summed E-state index contributed by atoms with van der Waals surface area (Å²) in [6, 6.07) is 6.37. The Hall–Kier alpha value is -1.42. The molecule has 3 rings (SSSR count). The predicted octanol–water partition coefficient (Wildman–Crippen LogP) is 3.91.